The van der Waals surface area contributed by atoms with Gasteiger partial charge >= 0.3 is 0 Å². The molecule has 0 spiro atoms. The van der Waals surface area contributed by atoms with Gasteiger partial charge in [-0.25, -0.2) is 0 Å². The highest BCUT2D eigenvalue weighted by Gasteiger charge is 2.10. The van der Waals surface area contributed by atoms with Gasteiger partial charge in [0.05, 0.1) is 19.3 Å². The Labute approximate surface area is 91.7 Å². The number of anilines is 2. The first-order valence-corrected chi connectivity index (χ1v) is 4.87. The first kappa shape index (κ1) is 10.7. The number of rotatable bonds is 4. The third-order valence-corrected chi connectivity index (χ3v) is 2.18. The van der Waals surface area contributed by atoms with Crippen LogP contribution in [0.5, 0.6) is 0 Å². The lowest BCUT2D eigenvalue weighted by molar-refractivity contribution is 0.202. The molecule has 2 rings (SSSR count). The molecule has 0 saturated carbocycles. The number of nitrogens with two attached hydrogens (primary N) is 1. The first-order valence-electron chi connectivity index (χ1n) is 4.87. The van der Waals surface area contributed by atoms with Gasteiger partial charge in [-0.2, -0.15) is 4.98 Å². The molecule has 0 radical (unpaired) electrons. The van der Waals surface area contributed by atoms with E-state index in [0.29, 0.717) is 16.8 Å². The standard InChI is InChI=1S/C10H13N3O3/c11-6-1-2-8-9(3-6)16-10(13-8)12-7(4-14)5-15/h1-3,7,14-15H,4-5,11H2,(H,12,13). The van der Waals surface area contributed by atoms with Crippen LogP contribution in [-0.4, -0.2) is 34.5 Å². The molecule has 0 aliphatic rings. The van der Waals surface area contributed by atoms with E-state index >= 15 is 0 Å². The summed E-state index contributed by atoms with van der Waals surface area (Å²) in [5.41, 5.74) is 7.43. The Hall–Kier alpha value is -1.79. The van der Waals surface area contributed by atoms with Crippen LogP contribution < -0.4 is 11.1 Å². The van der Waals surface area contributed by atoms with Gasteiger partial charge in [0, 0.05) is 11.8 Å². The maximum atomic E-state index is 8.89. The minimum absolute atomic E-state index is 0.197. The molecule has 6 nitrogen and oxygen atoms in total. The number of benzene rings is 1. The molecule has 0 atom stereocenters. The molecule has 16 heavy (non-hydrogen) atoms. The Morgan fingerprint density at radius 1 is 1.38 bits per heavy atom. The van der Waals surface area contributed by atoms with Crippen LogP contribution in [0.3, 0.4) is 0 Å². The number of hydrogen-bond acceptors (Lipinski definition) is 6. The Kier molecular flexibility index (Phi) is 2.93. The molecule has 86 valence electrons. The van der Waals surface area contributed by atoms with Crippen molar-refractivity contribution in [3.63, 3.8) is 0 Å². The predicted octanol–water partition coefficient (Wildman–Crippen LogP) is 0.175. The second-order valence-electron chi connectivity index (χ2n) is 3.45. The van der Waals surface area contributed by atoms with Gasteiger partial charge in [-0.3, -0.25) is 0 Å². The maximum absolute atomic E-state index is 8.89. The number of aliphatic hydroxyl groups excluding tert-OH is 2. The summed E-state index contributed by atoms with van der Waals surface area (Å²) in [5.74, 6) is 0. The van der Waals surface area contributed by atoms with Crippen LogP contribution in [0, 0.1) is 0 Å². The zero-order valence-corrected chi connectivity index (χ0v) is 8.55. The molecule has 1 aromatic carbocycles. The van der Waals surface area contributed by atoms with Crippen molar-refractivity contribution in [1.29, 1.82) is 0 Å². The van der Waals surface area contributed by atoms with E-state index < -0.39 is 6.04 Å². The SMILES string of the molecule is Nc1ccc2nc(NC(CO)CO)oc2c1. The summed E-state index contributed by atoms with van der Waals surface area (Å²) in [6.07, 6.45) is 0. The van der Waals surface area contributed by atoms with Crippen molar-refractivity contribution in [3.8, 4) is 0 Å². The molecule has 1 aromatic heterocycles. The number of aromatic nitrogens is 1. The molecule has 0 aliphatic carbocycles. The number of nitrogens with one attached hydrogen (secondary N) is 1. The van der Waals surface area contributed by atoms with E-state index in [1.807, 2.05) is 0 Å². The molecule has 0 unspecified atom stereocenters. The van der Waals surface area contributed by atoms with Gasteiger partial charge in [0.1, 0.15) is 5.52 Å². The van der Waals surface area contributed by atoms with Crippen LogP contribution in [0.15, 0.2) is 22.6 Å². The van der Waals surface area contributed by atoms with Crippen LogP contribution in [0.1, 0.15) is 0 Å². The average molecular weight is 223 g/mol. The van der Waals surface area contributed by atoms with Crippen molar-refractivity contribution >= 4 is 22.8 Å². The minimum atomic E-state index is -0.481. The Bertz CT molecular complexity index is 479. The topological polar surface area (TPSA) is 105 Å². The summed E-state index contributed by atoms with van der Waals surface area (Å²) in [6, 6.07) is 4.91. The third kappa shape index (κ3) is 2.07. The lowest BCUT2D eigenvalue weighted by atomic mass is 10.3. The van der Waals surface area contributed by atoms with Crippen molar-refractivity contribution in [3.05, 3.63) is 18.2 Å². The summed E-state index contributed by atoms with van der Waals surface area (Å²) in [6.45, 7) is -0.394. The van der Waals surface area contributed by atoms with E-state index in [-0.39, 0.29) is 19.2 Å². The van der Waals surface area contributed by atoms with Crippen LogP contribution in [0.25, 0.3) is 11.1 Å². The maximum Gasteiger partial charge on any atom is 0.296 e. The number of hydrogen-bond donors (Lipinski definition) is 4. The highest BCUT2D eigenvalue weighted by atomic mass is 16.4. The summed E-state index contributed by atoms with van der Waals surface area (Å²) in [7, 11) is 0. The van der Waals surface area contributed by atoms with Crippen LogP contribution in [-0.2, 0) is 0 Å². The van der Waals surface area contributed by atoms with E-state index in [1.165, 1.54) is 0 Å². The smallest absolute Gasteiger partial charge is 0.296 e. The molecule has 0 fully saturated rings. The molecular weight excluding hydrogens is 210 g/mol. The largest absolute Gasteiger partial charge is 0.423 e. The van der Waals surface area contributed by atoms with Gasteiger partial charge in [-0.15, -0.1) is 0 Å². The Morgan fingerprint density at radius 2 is 2.12 bits per heavy atom. The van der Waals surface area contributed by atoms with Crippen molar-refractivity contribution in [1.82, 2.24) is 4.98 Å². The van der Waals surface area contributed by atoms with Gasteiger partial charge in [-0.05, 0) is 12.1 Å². The predicted molar refractivity (Wildman–Crippen MR) is 60.0 cm³/mol. The van der Waals surface area contributed by atoms with Gasteiger partial charge in [-0.1, -0.05) is 0 Å². The molecule has 5 N–H and O–H groups in total. The lowest BCUT2D eigenvalue weighted by Crippen LogP contribution is -2.27. The summed E-state index contributed by atoms with van der Waals surface area (Å²) >= 11 is 0. The molecule has 2 aromatic rings. The number of nitrogen functional groups attached to an aromatic ring is 1. The van der Waals surface area contributed by atoms with Gasteiger partial charge < -0.3 is 25.7 Å². The van der Waals surface area contributed by atoms with Crippen LogP contribution in [0.2, 0.25) is 0 Å². The second-order valence-corrected chi connectivity index (χ2v) is 3.45. The average Bonchev–Trinajstić information content (AvgIpc) is 2.67. The quantitative estimate of drug-likeness (QED) is 0.551. The second kappa shape index (κ2) is 4.38. The number of oxazole rings is 1. The van der Waals surface area contributed by atoms with E-state index in [0.717, 1.165) is 0 Å². The number of nitrogens with zero attached hydrogens (tertiary/aromatic N) is 1. The van der Waals surface area contributed by atoms with E-state index in [1.54, 1.807) is 18.2 Å². The zero-order valence-electron chi connectivity index (χ0n) is 8.55. The van der Waals surface area contributed by atoms with E-state index in [4.69, 9.17) is 20.4 Å². The first-order chi connectivity index (χ1) is 7.72. The highest BCUT2D eigenvalue weighted by molar-refractivity contribution is 5.78. The molecule has 0 aliphatic heterocycles. The van der Waals surface area contributed by atoms with Crippen molar-refractivity contribution < 1.29 is 14.6 Å². The third-order valence-electron chi connectivity index (χ3n) is 2.18. The van der Waals surface area contributed by atoms with Gasteiger partial charge in [0.15, 0.2) is 5.58 Å². The molecular formula is C10H13N3O3. The summed E-state index contributed by atoms with van der Waals surface area (Å²) < 4.78 is 5.36. The fourth-order valence-electron chi connectivity index (χ4n) is 1.33. The van der Waals surface area contributed by atoms with Crippen molar-refractivity contribution in [2.75, 3.05) is 24.3 Å². The van der Waals surface area contributed by atoms with Crippen LogP contribution >= 0.6 is 0 Å². The number of fused-ring (bicyclic) bond motifs is 1. The molecule has 0 bridgehead atoms. The zero-order chi connectivity index (χ0) is 11.5. The fraction of sp³-hybridized carbons (Fsp3) is 0.300. The minimum Gasteiger partial charge on any atom is -0.423 e. The molecule has 6 heteroatoms. The lowest BCUT2D eigenvalue weighted by Gasteiger charge is -2.10. The molecule has 1 heterocycles. The highest BCUT2D eigenvalue weighted by Crippen LogP contribution is 2.21. The van der Waals surface area contributed by atoms with E-state index in [9.17, 15) is 0 Å². The van der Waals surface area contributed by atoms with Crippen LogP contribution in [0.4, 0.5) is 11.7 Å². The van der Waals surface area contributed by atoms with Crippen molar-refractivity contribution in [2.45, 2.75) is 6.04 Å². The van der Waals surface area contributed by atoms with E-state index in [2.05, 4.69) is 10.3 Å². The molecule has 0 saturated heterocycles. The Balaban J connectivity index is 2.25. The Morgan fingerprint density at radius 3 is 2.81 bits per heavy atom. The number of aliphatic hydroxyl groups is 2. The van der Waals surface area contributed by atoms with Gasteiger partial charge in [0.25, 0.3) is 6.01 Å². The summed E-state index contributed by atoms with van der Waals surface area (Å²) in [5, 5.41) is 20.6. The molecule has 0 amide bonds. The fourth-order valence-corrected chi connectivity index (χ4v) is 1.33. The van der Waals surface area contributed by atoms with Crippen molar-refractivity contribution in [2.24, 2.45) is 0 Å². The van der Waals surface area contributed by atoms with Gasteiger partial charge in [0.2, 0.25) is 0 Å². The summed E-state index contributed by atoms with van der Waals surface area (Å²) in [4.78, 5) is 4.13. The normalized spacial score (nSPS) is 11.2. The monoisotopic (exact) mass is 223 g/mol.